The first-order valence-electron chi connectivity index (χ1n) is 8.17. The molecule has 1 amide bonds. The molecule has 0 aromatic carbocycles. The quantitative estimate of drug-likeness (QED) is 0.715. The average Bonchev–Trinajstić information content (AvgIpc) is 3.27. The lowest BCUT2D eigenvalue weighted by molar-refractivity contribution is -0.122. The fraction of sp³-hybridized carbons (Fsp3) is 0.389. The van der Waals surface area contributed by atoms with Crippen molar-refractivity contribution in [2.45, 2.75) is 46.7 Å². The van der Waals surface area contributed by atoms with Gasteiger partial charge in [-0.2, -0.15) is 16.4 Å². The molecule has 0 spiro atoms. The van der Waals surface area contributed by atoms with Crippen molar-refractivity contribution in [3.63, 3.8) is 0 Å². The minimum absolute atomic E-state index is 0.0429. The fourth-order valence-corrected chi connectivity index (χ4v) is 4.22. The van der Waals surface area contributed by atoms with Gasteiger partial charge in [-0.05, 0) is 55.6 Å². The van der Waals surface area contributed by atoms with Crippen molar-refractivity contribution < 1.29 is 4.79 Å². The highest BCUT2D eigenvalue weighted by atomic mass is 32.1. The molecular weight excluding hydrogens is 352 g/mol. The number of amides is 1. The van der Waals surface area contributed by atoms with Crippen molar-refractivity contribution in [1.29, 1.82) is 0 Å². The lowest BCUT2D eigenvalue weighted by atomic mass is 10.1. The van der Waals surface area contributed by atoms with Crippen LogP contribution in [-0.2, 0) is 17.8 Å². The van der Waals surface area contributed by atoms with Crippen LogP contribution in [0, 0.1) is 27.7 Å². The maximum Gasteiger partial charge on any atom is 0.242 e. The molecular formula is C18H22N4OS2. The molecule has 1 atom stereocenters. The van der Waals surface area contributed by atoms with E-state index >= 15 is 0 Å². The van der Waals surface area contributed by atoms with Gasteiger partial charge in [0, 0.05) is 23.2 Å². The summed E-state index contributed by atoms with van der Waals surface area (Å²) in [6.07, 6.45) is 0.748. The summed E-state index contributed by atoms with van der Waals surface area (Å²) in [4.78, 5) is 17.2. The second-order valence-electron chi connectivity index (χ2n) is 6.24. The fourth-order valence-electron chi connectivity index (χ4n) is 2.69. The first-order chi connectivity index (χ1) is 11.9. The second kappa shape index (κ2) is 7.49. The van der Waals surface area contributed by atoms with Crippen LogP contribution < -0.4 is 5.32 Å². The lowest BCUT2D eigenvalue weighted by Crippen LogP contribution is -2.33. The molecule has 3 aromatic rings. The van der Waals surface area contributed by atoms with E-state index in [1.54, 1.807) is 27.4 Å². The molecule has 7 heteroatoms. The highest BCUT2D eigenvalue weighted by molar-refractivity contribution is 7.09. The van der Waals surface area contributed by atoms with Crippen LogP contribution in [0.5, 0.6) is 0 Å². The van der Waals surface area contributed by atoms with Crippen LogP contribution in [0.25, 0.3) is 0 Å². The number of hydrogen-bond donors (Lipinski definition) is 1. The van der Waals surface area contributed by atoms with Gasteiger partial charge < -0.3 is 5.32 Å². The molecule has 3 rings (SSSR count). The van der Waals surface area contributed by atoms with Crippen molar-refractivity contribution in [3.8, 4) is 0 Å². The van der Waals surface area contributed by atoms with Gasteiger partial charge in [0.05, 0.1) is 11.7 Å². The summed E-state index contributed by atoms with van der Waals surface area (Å²) in [5.74, 6) is -0.0429. The van der Waals surface area contributed by atoms with Crippen molar-refractivity contribution in [2.75, 3.05) is 0 Å². The van der Waals surface area contributed by atoms with Gasteiger partial charge in [-0.25, -0.2) is 4.98 Å². The lowest BCUT2D eigenvalue weighted by Gasteiger charge is -2.16. The summed E-state index contributed by atoms with van der Waals surface area (Å²) in [5, 5.41) is 14.7. The van der Waals surface area contributed by atoms with Crippen molar-refractivity contribution in [3.05, 3.63) is 55.4 Å². The van der Waals surface area contributed by atoms with Crippen LogP contribution in [0.15, 0.2) is 22.2 Å². The summed E-state index contributed by atoms with van der Waals surface area (Å²) in [7, 11) is 0. The number of carbonyl (C=O) groups excluding carboxylic acids is 1. The van der Waals surface area contributed by atoms with Crippen LogP contribution in [0.2, 0.25) is 0 Å². The Labute approximate surface area is 155 Å². The van der Waals surface area contributed by atoms with Crippen LogP contribution in [0.1, 0.15) is 39.3 Å². The zero-order valence-electron chi connectivity index (χ0n) is 14.9. The topological polar surface area (TPSA) is 59.8 Å². The monoisotopic (exact) mass is 374 g/mol. The Morgan fingerprint density at radius 2 is 2.08 bits per heavy atom. The third-order valence-electron chi connectivity index (χ3n) is 4.33. The molecule has 0 fully saturated rings. The molecule has 0 saturated carbocycles. The molecule has 0 aliphatic rings. The van der Waals surface area contributed by atoms with E-state index in [0.717, 1.165) is 34.1 Å². The Hall–Kier alpha value is -1.99. The molecule has 1 N–H and O–H groups in total. The largest absolute Gasteiger partial charge is 0.345 e. The number of aromatic nitrogens is 3. The molecule has 0 radical (unpaired) electrons. The Morgan fingerprint density at radius 1 is 1.28 bits per heavy atom. The van der Waals surface area contributed by atoms with Crippen LogP contribution in [0.3, 0.4) is 0 Å². The Kier molecular flexibility index (Phi) is 5.34. The van der Waals surface area contributed by atoms with Gasteiger partial charge in [0.25, 0.3) is 0 Å². The maximum atomic E-state index is 12.6. The number of aryl methyl sites for hydroxylation is 2. The van der Waals surface area contributed by atoms with E-state index in [-0.39, 0.29) is 18.5 Å². The number of nitrogens with one attached hydrogen (secondary N) is 1. The van der Waals surface area contributed by atoms with E-state index in [1.807, 2.05) is 33.1 Å². The van der Waals surface area contributed by atoms with Gasteiger partial charge in [0.1, 0.15) is 11.6 Å². The predicted molar refractivity (Wildman–Crippen MR) is 102 cm³/mol. The first kappa shape index (κ1) is 17.8. The maximum absolute atomic E-state index is 12.6. The van der Waals surface area contributed by atoms with Gasteiger partial charge in [0.2, 0.25) is 5.91 Å². The molecule has 0 aliphatic heterocycles. The number of rotatable bonds is 6. The molecule has 132 valence electrons. The van der Waals surface area contributed by atoms with E-state index in [1.165, 1.54) is 5.56 Å². The standard InChI is InChI=1S/C18H22N4OS2/c1-11-9-25-18(19-11)16(7-15-5-6-24-10-15)20-17(23)8-22-14(4)12(2)13(3)21-22/h5-6,9-10,16H,7-8H2,1-4H3,(H,20,23). The third-order valence-corrected chi connectivity index (χ3v) is 6.13. The highest BCUT2D eigenvalue weighted by Crippen LogP contribution is 2.23. The van der Waals surface area contributed by atoms with E-state index in [2.05, 4.69) is 32.2 Å². The van der Waals surface area contributed by atoms with Gasteiger partial charge in [-0.15, -0.1) is 11.3 Å². The summed E-state index contributed by atoms with van der Waals surface area (Å²) < 4.78 is 1.77. The van der Waals surface area contributed by atoms with Gasteiger partial charge >= 0.3 is 0 Å². The van der Waals surface area contributed by atoms with Crippen molar-refractivity contribution in [1.82, 2.24) is 20.1 Å². The number of thiophene rings is 1. The zero-order valence-corrected chi connectivity index (χ0v) is 16.5. The Morgan fingerprint density at radius 3 is 2.64 bits per heavy atom. The van der Waals surface area contributed by atoms with Crippen LogP contribution in [-0.4, -0.2) is 20.7 Å². The van der Waals surface area contributed by atoms with E-state index in [0.29, 0.717) is 0 Å². The number of thiazole rings is 1. The van der Waals surface area contributed by atoms with Crippen molar-refractivity contribution >= 4 is 28.6 Å². The average molecular weight is 375 g/mol. The minimum atomic E-state index is -0.112. The Bertz CT molecular complexity index is 864. The summed E-state index contributed by atoms with van der Waals surface area (Å²) in [6.45, 7) is 8.20. The van der Waals surface area contributed by atoms with Gasteiger partial charge in [0.15, 0.2) is 0 Å². The molecule has 0 aliphatic carbocycles. The van der Waals surface area contributed by atoms with E-state index in [4.69, 9.17) is 0 Å². The molecule has 0 bridgehead atoms. The number of carbonyl (C=O) groups is 1. The first-order valence-corrected chi connectivity index (χ1v) is 9.99. The van der Waals surface area contributed by atoms with Gasteiger partial charge in [-0.1, -0.05) is 0 Å². The smallest absolute Gasteiger partial charge is 0.242 e. The van der Waals surface area contributed by atoms with Crippen LogP contribution in [0.4, 0.5) is 0 Å². The SMILES string of the molecule is Cc1csc(C(Cc2ccsc2)NC(=O)Cn2nc(C)c(C)c2C)n1. The Balaban J connectivity index is 1.74. The summed E-state index contributed by atoms with van der Waals surface area (Å²) >= 11 is 3.26. The minimum Gasteiger partial charge on any atom is -0.345 e. The molecule has 25 heavy (non-hydrogen) atoms. The predicted octanol–water partition coefficient (Wildman–Crippen LogP) is 3.73. The van der Waals surface area contributed by atoms with Crippen molar-refractivity contribution in [2.24, 2.45) is 0 Å². The third kappa shape index (κ3) is 4.16. The summed E-state index contributed by atoms with van der Waals surface area (Å²) in [5.41, 5.74) is 5.34. The van der Waals surface area contributed by atoms with Gasteiger partial charge in [-0.3, -0.25) is 9.48 Å². The zero-order chi connectivity index (χ0) is 18.0. The van der Waals surface area contributed by atoms with Crippen LogP contribution >= 0.6 is 22.7 Å². The number of nitrogens with zero attached hydrogens (tertiary/aromatic N) is 3. The second-order valence-corrected chi connectivity index (χ2v) is 7.91. The number of hydrogen-bond acceptors (Lipinski definition) is 5. The highest BCUT2D eigenvalue weighted by Gasteiger charge is 2.20. The van der Waals surface area contributed by atoms with E-state index < -0.39 is 0 Å². The molecule has 5 nitrogen and oxygen atoms in total. The molecule has 0 saturated heterocycles. The molecule has 3 heterocycles. The normalized spacial score (nSPS) is 12.3. The molecule has 1 unspecified atom stereocenters. The van der Waals surface area contributed by atoms with E-state index in [9.17, 15) is 4.79 Å². The molecule has 3 aromatic heterocycles. The summed E-state index contributed by atoms with van der Waals surface area (Å²) in [6, 6.07) is 1.98.